The Labute approximate surface area is 132 Å². The first-order valence-corrected chi connectivity index (χ1v) is 7.94. The Morgan fingerprint density at radius 2 is 2.15 bits per heavy atom. The highest BCUT2D eigenvalue weighted by Crippen LogP contribution is 2.23. The molecule has 1 aliphatic rings. The molecule has 0 bridgehead atoms. The van der Waals surface area contributed by atoms with Gasteiger partial charge in [-0.15, -0.1) is 0 Å². The molecular formula is C15H18INO3. The summed E-state index contributed by atoms with van der Waals surface area (Å²) in [5, 5.41) is 8.82. The number of hydrogen-bond donors (Lipinski definition) is 1. The molecule has 4 nitrogen and oxygen atoms in total. The van der Waals surface area contributed by atoms with Crippen LogP contribution in [0.25, 0.3) is 0 Å². The largest absolute Gasteiger partial charge is 0.481 e. The monoisotopic (exact) mass is 387 g/mol. The molecule has 0 aliphatic carbocycles. The minimum Gasteiger partial charge on any atom is -0.481 e. The summed E-state index contributed by atoms with van der Waals surface area (Å²) < 4.78 is 1.03. The zero-order valence-corrected chi connectivity index (χ0v) is 13.4. The van der Waals surface area contributed by atoms with Gasteiger partial charge in [0.15, 0.2) is 0 Å². The second-order valence-electron chi connectivity index (χ2n) is 5.09. The lowest BCUT2D eigenvalue weighted by molar-refractivity contribution is -0.137. The van der Waals surface area contributed by atoms with Crippen LogP contribution in [0.15, 0.2) is 24.3 Å². The van der Waals surface area contributed by atoms with Crippen molar-refractivity contribution < 1.29 is 14.7 Å². The van der Waals surface area contributed by atoms with Gasteiger partial charge in [-0.2, -0.15) is 0 Å². The van der Waals surface area contributed by atoms with Gasteiger partial charge in [0.25, 0.3) is 5.91 Å². The van der Waals surface area contributed by atoms with E-state index in [1.165, 1.54) is 0 Å². The van der Waals surface area contributed by atoms with Crippen LogP contribution >= 0.6 is 22.6 Å². The predicted molar refractivity (Wildman–Crippen MR) is 84.7 cm³/mol. The summed E-state index contributed by atoms with van der Waals surface area (Å²) in [4.78, 5) is 25.2. The molecular weight excluding hydrogens is 369 g/mol. The zero-order chi connectivity index (χ0) is 14.5. The number of carbonyl (C=O) groups is 2. The van der Waals surface area contributed by atoms with Gasteiger partial charge in [0.2, 0.25) is 0 Å². The van der Waals surface area contributed by atoms with Gasteiger partial charge in [-0.05, 0) is 66.5 Å². The molecule has 1 aliphatic heterocycles. The van der Waals surface area contributed by atoms with E-state index in [2.05, 4.69) is 22.6 Å². The van der Waals surface area contributed by atoms with Crippen molar-refractivity contribution in [2.45, 2.75) is 38.1 Å². The van der Waals surface area contributed by atoms with E-state index in [9.17, 15) is 9.59 Å². The van der Waals surface area contributed by atoms with Crippen LogP contribution in [0.5, 0.6) is 0 Å². The first-order valence-electron chi connectivity index (χ1n) is 6.86. The van der Waals surface area contributed by atoms with E-state index in [0.717, 1.165) is 29.4 Å². The van der Waals surface area contributed by atoms with Gasteiger partial charge in [0.05, 0.1) is 0 Å². The normalized spacial score (nSPS) is 18.9. The average molecular weight is 387 g/mol. The lowest BCUT2D eigenvalue weighted by Crippen LogP contribution is -2.44. The first kappa shape index (κ1) is 15.3. The molecule has 1 unspecified atom stereocenters. The summed E-state index contributed by atoms with van der Waals surface area (Å²) >= 11 is 2.19. The van der Waals surface area contributed by atoms with E-state index in [1.807, 2.05) is 29.2 Å². The van der Waals surface area contributed by atoms with Crippen LogP contribution in [0.2, 0.25) is 0 Å². The summed E-state index contributed by atoms with van der Waals surface area (Å²) in [5.74, 6) is -0.768. The van der Waals surface area contributed by atoms with Crippen LogP contribution < -0.4 is 0 Å². The van der Waals surface area contributed by atoms with Crippen LogP contribution in [0, 0.1) is 3.57 Å². The van der Waals surface area contributed by atoms with Crippen LogP contribution in [0.3, 0.4) is 0 Å². The van der Waals surface area contributed by atoms with E-state index >= 15 is 0 Å². The van der Waals surface area contributed by atoms with Crippen molar-refractivity contribution in [1.29, 1.82) is 0 Å². The summed E-state index contributed by atoms with van der Waals surface area (Å²) in [7, 11) is 0. The molecule has 0 spiro atoms. The van der Waals surface area contributed by atoms with Crippen molar-refractivity contribution in [1.82, 2.24) is 4.90 Å². The molecule has 5 heteroatoms. The Balaban J connectivity index is 2.10. The highest BCUT2D eigenvalue weighted by atomic mass is 127. The van der Waals surface area contributed by atoms with Crippen molar-refractivity contribution in [3.8, 4) is 0 Å². The van der Waals surface area contributed by atoms with Gasteiger partial charge < -0.3 is 10.0 Å². The molecule has 20 heavy (non-hydrogen) atoms. The minimum absolute atomic E-state index is 0.0265. The molecule has 108 valence electrons. The molecule has 1 aromatic rings. The van der Waals surface area contributed by atoms with Crippen molar-refractivity contribution in [3.63, 3.8) is 0 Å². The number of carboxylic acid groups (broad SMARTS) is 1. The van der Waals surface area contributed by atoms with Gasteiger partial charge >= 0.3 is 5.97 Å². The minimum atomic E-state index is -0.794. The third-order valence-electron chi connectivity index (χ3n) is 3.65. The Morgan fingerprint density at radius 3 is 2.85 bits per heavy atom. The SMILES string of the molecule is O=C(O)CCC1CCCCN1C(=O)c1cccc(I)c1. The number of carboxylic acids is 1. The average Bonchev–Trinajstić information content (AvgIpc) is 2.44. The van der Waals surface area contributed by atoms with E-state index in [4.69, 9.17) is 5.11 Å². The molecule has 1 amide bonds. The fourth-order valence-electron chi connectivity index (χ4n) is 2.65. The van der Waals surface area contributed by atoms with Crippen LogP contribution in [0.4, 0.5) is 0 Å². The number of piperidine rings is 1. The van der Waals surface area contributed by atoms with E-state index in [1.54, 1.807) is 0 Å². The van der Waals surface area contributed by atoms with Crippen LogP contribution in [0.1, 0.15) is 42.5 Å². The van der Waals surface area contributed by atoms with Gasteiger partial charge in [-0.25, -0.2) is 0 Å². The van der Waals surface area contributed by atoms with Gasteiger partial charge in [0.1, 0.15) is 0 Å². The van der Waals surface area contributed by atoms with Crippen molar-refractivity contribution in [2.75, 3.05) is 6.54 Å². The topological polar surface area (TPSA) is 57.6 Å². The van der Waals surface area contributed by atoms with Crippen LogP contribution in [-0.4, -0.2) is 34.5 Å². The Morgan fingerprint density at radius 1 is 1.35 bits per heavy atom. The maximum Gasteiger partial charge on any atom is 0.303 e. The Hall–Kier alpha value is -1.11. The third kappa shape index (κ3) is 3.94. The number of rotatable bonds is 4. The number of aliphatic carboxylic acids is 1. The van der Waals surface area contributed by atoms with E-state index < -0.39 is 5.97 Å². The second kappa shape index (κ2) is 7.06. The first-order chi connectivity index (χ1) is 9.58. The standard InChI is InChI=1S/C15H18INO3/c16-12-5-3-4-11(10-12)15(20)17-9-2-1-6-13(17)7-8-14(18)19/h3-5,10,13H,1-2,6-9H2,(H,18,19). The number of hydrogen-bond acceptors (Lipinski definition) is 2. The maximum absolute atomic E-state index is 12.6. The molecule has 2 rings (SSSR count). The molecule has 1 atom stereocenters. The number of amides is 1. The zero-order valence-electron chi connectivity index (χ0n) is 11.2. The molecule has 1 fully saturated rings. The smallest absolute Gasteiger partial charge is 0.303 e. The number of halogens is 1. The molecule has 0 saturated carbocycles. The Bertz CT molecular complexity index is 504. The molecule has 1 aromatic carbocycles. The number of carbonyl (C=O) groups excluding carboxylic acids is 1. The summed E-state index contributed by atoms with van der Waals surface area (Å²) in [6.45, 7) is 0.731. The highest BCUT2D eigenvalue weighted by Gasteiger charge is 2.27. The number of likely N-dealkylation sites (tertiary alicyclic amines) is 1. The number of nitrogens with zero attached hydrogens (tertiary/aromatic N) is 1. The quantitative estimate of drug-likeness (QED) is 0.808. The third-order valence-corrected chi connectivity index (χ3v) is 4.32. The van der Waals surface area contributed by atoms with Gasteiger partial charge in [-0.3, -0.25) is 9.59 Å². The van der Waals surface area contributed by atoms with Crippen molar-refractivity contribution >= 4 is 34.5 Å². The van der Waals surface area contributed by atoms with Gasteiger partial charge in [0, 0.05) is 28.1 Å². The molecule has 1 heterocycles. The van der Waals surface area contributed by atoms with Gasteiger partial charge in [-0.1, -0.05) is 6.07 Å². The fourth-order valence-corrected chi connectivity index (χ4v) is 3.19. The number of benzene rings is 1. The summed E-state index contributed by atoms with van der Waals surface area (Å²) in [6.07, 6.45) is 3.65. The molecule has 1 N–H and O–H groups in total. The molecule has 0 aromatic heterocycles. The van der Waals surface area contributed by atoms with E-state index in [-0.39, 0.29) is 18.4 Å². The highest BCUT2D eigenvalue weighted by molar-refractivity contribution is 14.1. The fraction of sp³-hybridized carbons (Fsp3) is 0.467. The van der Waals surface area contributed by atoms with Crippen molar-refractivity contribution in [3.05, 3.63) is 33.4 Å². The lowest BCUT2D eigenvalue weighted by Gasteiger charge is -2.35. The molecule has 1 saturated heterocycles. The summed E-state index contributed by atoms with van der Waals surface area (Å²) in [6, 6.07) is 7.60. The Kier molecular flexibility index (Phi) is 5.39. The second-order valence-corrected chi connectivity index (χ2v) is 6.34. The van der Waals surface area contributed by atoms with E-state index in [0.29, 0.717) is 12.0 Å². The predicted octanol–water partition coefficient (Wildman–Crippen LogP) is 3.15. The lowest BCUT2D eigenvalue weighted by atomic mass is 9.97. The van der Waals surface area contributed by atoms with Crippen molar-refractivity contribution in [2.24, 2.45) is 0 Å². The van der Waals surface area contributed by atoms with Crippen LogP contribution in [-0.2, 0) is 4.79 Å². The molecule has 0 radical (unpaired) electrons. The maximum atomic E-state index is 12.6. The summed E-state index contributed by atoms with van der Waals surface area (Å²) in [5.41, 5.74) is 0.694.